The van der Waals surface area contributed by atoms with E-state index in [2.05, 4.69) is 15.5 Å². The van der Waals surface area contributed by atoms with E-state index in [4.69, 9.17) is 0 Å². The van der Waals surface area contributed by atoms with Crippen molar-refractivity contribution in [3.05, 3.63) is 34.9 Å². The summed E-state index contributed by atoms with van der Waals surface area (Å²) in [6.45, 7) is 3.61. The molecule has 2 unspecified atom stereocenters. The van der Waals surface area contributed by atoms with Gasteiger partial charge in [0.1, 0.15) is 6.04 Å². The summed E-state index contributed by atoms with van der Waals surface area (Å²) in [5.74, 6) is -0.0688. The maximum absolute atomic E-state index is 13.3. The number of nitrogens with zero attached hydrogens (tertiary/aromatic N) is 2. The summed E-state index contributed by atoms with van der Waals surface area (Å²) < 4.78 is 0. The lowest BCUT2D eigenvalue weighted by molar-refractivity contribution is -0.136. The van der Waals surface area contributed by atoms with Crippen LogP contribution in [-0.2, 0) is 16.1 Å². The van der Waals surface area contributed by atoms with E-state index in [-0.39, 0.29) is 18.7 Å². The van der Waals surface area contributed by atoms with E-state index in [1.807, 2.05) is 23.9 Å². The van der Waals surface area contributed by atoms with Crippen LogP contribution < -0.4 is 10.6 Å². The van der Waals surface area contributed by atoms with Crippen LogP contribution in [0.4, 0.5) is 0 Å². The number of piperidine rings is 1. The zero-order chi connectivity index (χ0) is 20.8. The molecule has 5 rings (SSSR count). The summed E-state index contributed by atoms with van der Waals surface area (Å²) in [4.78, 5) is 53.5. The number of hydrogen-bond acceptors (Lipinski definition) is 7. The van der Waals surface area contributed by atoms with Crippen molar-refractivity contribution in [1.29, 1.82) is 0 Å². The number of carbonyl (C=O) groups excluding carboxylic acids is 4. The molecule has 4 heterocycles. The molecule has 158 valence electrons. The Balaban J connectivity index is 1.42. The number of amides is 4. The monoisotopic (exact) mass is 428 g/mol. The van der Waals surface area contributed by atoms with Crippen molar-refractivity contribution in [2.45, 2.75) is 37.2 Å². The van der Waals surface area contributed by atoms with Gasteiger partial charge in [0.25, 0.3) is 11.8 Å². The SMILES string of the molecule is O=C1CCC(N2C(=O)c3cccc(CN4CCCSC4C4CNC4)c3C2=O)C(=O)N1. The zero-order valence-corrected chi connectivity index (χ0v) is 17.4. The van der Waals surface area contributed by atoms with E-state index in [9.17, 15) is 19.2 Å². The highest BCUT2D eigenvalue weighted by Crippen LogP contribution is 2.35. The van der Waals surface area contributed by atoms with E-state index < -0.39 is 23.8 Å². The second kappa shape index (κ2) is 7.79. The molecule has 1 aromatic rings. The molecule has 0 saturated carbocycles. The number of nitrogens with one attached hydrogen (secondary N) is 2. The molecule has 9 heteroatoms. The van der Waals surface area contributed by atoms with E-state index in [0.717, 1.165) is 42.3 Å². The number of hydrogen-bond donors (Lipinski definition) is 2. The van der Waals surface area contributed by atoms with Gasteiger partial charge in [-0.15, -0.1) is 11.8 Å². The second-order valence-corrected chi connectivity index (χ2v) is 9.52. The van der Waals surface area contributed by atoms with Crippen molar-refractivity contribution in [1.82, 2.24) is 20.4 Å². The number of thioether (sulfide) groups is 1. The van der Waals surface area contributed by atoms with E-state index >= 15 is 0 Å². The predicted octanol–water partition coefficient (Wildman–Crippen LogP) is 0.572. The molecular formula is C21H24N4O4S. The minimum atomic E-state index is -0.928. The van der Waals surface area contributed by atoms with Crippen molar-refractivity contribution in [2.75, 3.05) is 25.4 Å². The Labute approximate surface area is 178 Å². The largest absolute Gasteiger partial charge is 0.316 e. The third-order valence-electron chi connectivity index (χ3n) is 6.38. The van der Waals surface area contributed by atoms with E-state index in [1.165, 1.54) is 0 Å². The molecule has 30 heavy (non-hydrogen) atoms. The third kappa shape index (κ3) is 3.25. The maximum atomic E-state index is 13.3. The fraction of sp³-hybridized carbons (Fsp3) is 0.524. The first kappa shape index (κ1) is 19.7. The number of rotatable bonds is 4. The average molecular weight is 429 g/mol. The van der Waals surface area contributed by atoms with Crippen LogP contribution in [0.3, 0.4) is 0 Å². The van der Waals surface area contributed by atoms with Crippen molar-refractivity contribution in [3.63, 3.8) is 0 Å². The van der Waals surface area contributed by atoms with Gasteiger partial charge < -0.3 is 5.32 Å². The van der Waals surface area contributed by atoms with E-state index in [0.29, 0.717) is 29.0 Å². The van der Waals surface area contributed by atoms with Gasteiger partial charge in [0.05, 0.1) is 16.5 Å². The van der Waals surface area contributed by atoms with E-state index in [1.54, 1.807) is 6.07 Å². The Morgan fingerprint density at radius 1 is 1.10 bits per heavy atom. The first-order valence-corrected chi connectivity index (χ1v) is 11.5. The molecule has 0 aliphatic carbocycles. The van der Waals surface area contributed by atoms with Crippen LogP contribution in [0.15, 0.2) is 18.2 Å². The van der Waals surface area contributed by atoms with Crippen molar-refractivity contribution >= 4 is 35.4 Å². The molecule has 8 nitrogen and oxygen atoms in total. The molecule has 4 amide bonds. The van der Waals surface area contributed by atoms with Gasteiger partial charge in [0.15, 0.2) is 0 Å². The molecule has 4 aliphatic rings. The molecular weight excluding hydrogens is 404 g/mol. The molecule has 2 atom stereocenters. The average Bonchev–Trinajstić information content (AvgIpc) is 2.94. The van der Waals surface area contributed by atoms with Gasteiger partial charge >= 0.3 is 0 Å². The normalized spacial score (nSPS) is 27.8. The molecule has 0 radical (unpaired) electrons. The van der Waals surface area contributed by atoms with Crippen LogP contribution in [0.2, 0.25) is 0 Å². The lowest BCUT2D eigenvalue weighted by Gasteiger charge is -2.44. The topological polar surface area (TPSA) is 98.8 Å². The lowest BCUT2D eigenvalue weighted by atomic mass is 9.99. The minimum Gasteiger partial charge on any atom is -0.316 e. The summed E-state index contributed by atoms with van der Waals surface area (Å²) in [5, 5.41) is 6.00. The highest BCUT2D eigenvalue weighted by molar-refractivity contribution is 7.99. The lowest BCUT2D eigenvalue weighted by Crippen LogP contribution is -2.54. The van der Waals surface area contributed by atoms with Crippen molar-refractivity contribution in [3.8, 4) is 0 Å². The van der Waals surface area contributed by atoms with Crippen LogP contribution in [0.1, 0.15) is 45.5 Å². The number of carbonyl (C=O) groups is 4. The first-order chi connectivity index (χ1) is 14.5. The molecule has 0 aromatic heterocycles. The summed E-state index contributed by atoms with van der Waals surface area (Å²) >= 11 is 1.97. The number of benzene rings is 1. The van der Waals surface area contributed by atoms with Gasteiger partial charge in [-0.1, -0.05) is 12.1 Å². The molecule has 4 aliphatic heterocycles. The first-order valence-electron chi connectivity index (χ1n) is 10.4. The standard InChI is InChI=1S/C21H24N4O4S/c26-16-6-5-15(18(27)23-16)25-19(28)14-4-1-3-12(17(14)20(25)29)11-24-7-2-8-30-21(24)13-9-22-10-13/h1,3-4,13,15,21-22H,2,5-11H2,(H,23,26,27). The van der Waals surface area contributed by atoms with Gasteiger partial charge in [0.2, 0.25) is 11.8 Å². The number of fused-ring (bicyclic) bond motifs is 1. The highest BCUT2D eigenvalue weighted by atomic mass is 32.2. The fourth-order valence-corrected chi connectivity index (χ4v) is 6.15. The van der Waals surface area contributed by atoms with Crippen LogP contribution in [0.5, 0.6) is 0 Å². The maximum Gasteiger partial charge on any atom is 0.262 e. The van der Waals surface area contributed by atoms with Gasteiger partial charge in [-0.25, -0.2) is 0 Å². The van der Waals surface area contributed by atoms with Gasteiger partial charge in [-0.05, 0) is 30.2 Å². The summed E-state index contributed by atoms with van der Waals surface area (Å²) in [7, 11) is 0. The quantitative estimate of drug-likeness (QED) is 0.677. The molecule has 0 spiro atoms. The summed E-state index contributed by atoms with van der Waals surface area (Å²) in [6.07, 6.45) is 1.40. The molecule has 2 N–H and O–H groups in total. The van der Waals surface area contributed by atoms with Crippen LogP contribution >= 0.6 is 11.8 Å². The highest BCUT2D eigenvalue weighted by Gasteiger charge is 2.46. The molecule has 0 bridgehead atoms. The minimum absolute atomic E-state index is 0.124. The number of imide groups is 2. The molecule has 1 aromatic carbocycles. The molecule has 3 saturated heterocycles. The van der Waals surface area contributed by atoms with Crippen LogP contribution in [0, 0.1) is 5.92 Å². The third-order valence-corrected chi connectivity index (χ3v) is 7.93. The summed E-state index contributed by atoms with van der Waals surface area (Å²) in [5.41, 5.74) is 1.60. The van der Waals surface area contributed by atoms with Crippen molar-refractivity contribution < 1.29 is 19.2 Å². The van der Waals surface area contributed by atoms with Gasteiger partial charge in [0, 0.05) is 38.5 Å². The van der Waals surface area contributed by atoms with Crippen LogP contribution in [-0.4, -0.2) is 70.2 Å². The predicted molar refractivity (Wildman–Crippen MR) is 111 cm³/mol. The smallest absolute Gasteiger partial charge is 0.262 e. The fourth-order valence-electron chi connectivity index (χ4n) is 4.76. The van der Waals surface area contributed by atoms with Gasteiger partial charge in [-0.3, -0.25) is 34.3 Å². The Morgan fingerprint density at radius 3 is 2.67 bits per heavy atom. The van der Waals surface area contributed by atoms with Gasteiger partial charge in [-0.2, -0.15) is 0 Å². The van der Waals surface area contributed by atoms with Crippen molar-refractivity contribution in [2.24, 2.45) is 5.92 Å². The Bertz CT molecular complexity index is 932. The summed E-state index contributed by atoms with van der Waals surface area (Å²) in [6, 6.07) is 4.45. The van der Waals surface area contributed by atoms with Crippen LogP contribution in [0.25, 0.3) is 0 Å². The Hall–Kier alpha value is -2.23. The second-order valence-electron chi connectivity index (χ2n) is 8.29. The zero-order valence-electron chi connectivity index (χ0n) is 16.6. The molecule has 3 fully saturated rings. The Kier molecular flexibility index (Phi) is 5.12. The Morgan fingerprint density at radius 2 is 1.93 bits per heavy atom.